The summed E-state index contributed by atoms with van der Waals surface area (Å²) in [5.41, 5.74) is 1.15. The summed E-state index contributed by atoms with van der Waals surface area (Å²) in [7, 11) is 0. The number of rotatable bonds is 4. The third-order valence-corrected chi connectivity index (χ3v) is 4.91. The fourth-order valence-electron chi connectivity index (χ4n) is 2.67. The van der Waals surface area contributed by atoms with Gasteiger partial charge in [-0.25, -0.2) is 4.98 Å². The van der Waals surface area contributed by atoms with Crippen LogP contribution in [0.15, 0.2) is 5.38 Å². The van der Waals surface area contributed by atoms with Crippen molar-refractivity contribution in [1.29, 1.82) is 0 Å². The van der Waals surface area contributed by atoms with E-state index < -0.39 is 0 Å². The van der Waals surface area contributed by atoms with Crippen LogP contribution < -0.4 is 5.32 Å². The van der Waals surface area contributed by atoms with Crippen LogP contribution in [0.3, 0.4) is 0 Å². The van der Waals surface area contributed by atoms with Crippen molar-refractivity contribution in [2.24, 2.45) is 5.92 Å². The van der Waals surface area contributed by atoms with Crippen molar-refractivity contribution in [3.63, 3.8) is 0 Å². The van der Waals surface area contributed by atoms with E-state index >= 15 is 0 Å². The van der Waals surface area contributed by atoms with Gasteiger partial charge in [-0.15, -0.1) is 11.3 Å². The quantitative estimate of drug-likeness (QED) is 0.909. The monoisotopic (exact) mass is 267 g/mol. The average Bonchev–Trinajstić information content (AvgIpc) is 2.74. The zero-order valence-electron chi connectivity index (χ0n) is 11.9. The number of nitrogens with one attached hydrogen (secondary N) is 1. The van der Waals surface area contributed by atoms with Gasteiger partial charge in [0.05, 0.1) is 6.54 Å². The van der Waals surface area contributed by atoms with Gasteiger partial charge in [-0.1, -0.05) is 20.3 Å². The van der Waals surface area contributed by atoms with E-state index in [2.05, 4.69) is 48.3 Å². The molecule has 1 aromatic heterocycles. The molecule has 0 aliphatic carbocycles. The second kappa shape index (κ2) is 6.13. The molecule has 18 heavy (non-hydrogen) atoms. The highest BCUT2D eigenvalue weighted by atomic mass is 32.1. The molecule has 3 nitrogen and oxygen atoms in total. The predicted molar refractivity (Wildman–Crippen MR) is 78.0 cm³/mol. The topological polar surface area (TPSA) is 28.2 Å². The minimum atomic E-state index is 0.589. The van der Waals surface area contributed by atoms with Crippen LogP contribution in [-0.4, -0.2) is 35.1 Å². The van der Waals surface area contributed by atoms with E-state index in [4.69, 9.17) is 0 Å². The Morgan fingerprint density at radius 2 is 2.39 bits per heavy atom. The summed E-state index contributed by atoms with van der Waals surface area (Å²) < 4.78 is 0. The summed E-state index contributed by atoms with van der Waals surface area (Å²) in [6.07, 6.45) is 1.24. The molecule has 2 rings (SSSR count). The van der Waals surface area contributed by atoms with E-state index in [1.165, 1.54) is 11.4 Å². The molecule has 0 bridgehead atoms. The third kappa shape index (κ3) is 3.31. The molecule has 0 radical (unpaired) electrons. The Balaban J connectivity index is 2.05. The predicted octanol–water partition coefficient (Wildman–Crippen LogP) is 2.66. The second-order valence-electron chi connectivity index (χ2n) is 5.57. The van der Waals surface area contributed by atoms with Crippen LogP contribution >= 0.6 is 11.3 Å². The maximum absolute atomic E-state index is 4.61. The third-order valence-electron chi connectivity index (χ3n) is 3.96. The summed E-state index contributed by atoms with van der Waals surface area (Å²) >= 11 is 1.79. The van der Waals surface area contributed by atoms with Gasteiger partial charge in [0.1, 0.15) is 5.01 Å². The fraction of sp³-hybridized carbons (Fsp3) is 0.786. The first kappa shape index (κ1) is 14.0. The number of piperazine rings is 1. The number of nitrogens with zero attached hydrogens (tertiary/aromatic N) is 2. The van der Waals surface area contributed by atoms with Crippen LogP contribution in [0.5, 0.6) is 0 Å². The maximum Gasteiger partial charge on any atom is 0.107 e. The van der Waals surface area contributed by atoms with Crippen LogP contribution in [0.1, 0.15) is 37.9 Å². The van der Waals surface area contributed by atoms with Crippen LogP contribution in [-0.2, 0) is 6.54 Å². The van der Waals surface area contributed by atoms with Gasteiger partial charge in [-0.05, 0) is 19.8 Å². The lowest BCUT2D eigenvalue weighted by molar-refractivity contribution is 0.0884. The van der Waals surface area contributed by atoms with Gasteiger partial charge in [0.15, 0.2) is 0 Å². The maximum atomic E-state index is 4.61. The minimum absolute atomic E-state index is 0.589. The van der Waals surface area contributed by atoms with Crippen molar-refractivity contribution in [2.45, 2.75) is 52.7 Å². The summed E-state index contributed by atoms with van der Waals surface area (Å²) in [5.74, 6) is 0.742. The molecule has 3 atom stereocenters. The Morgan fingerprint density at radius 1 is 1.61 bits per heavy atom. The van der Waals surface area contributed by atoms with Gasteiger partial charge >= 0.3 is 0 Å². The molecule has 0 saturated carbocycles. The molecule has 1 aromatic rings. The highest BCUT2D eigenvalue weighted by Gasteiger charge is 2.29. The van der Waals surface area contributed by atoms with Gasteiger partial charge in [0, 0.05) is 36.2 Å². The molecular formula is C14H25N3S. The zero-order chi connectivity index (χ0) is 13.1. The Hall–Kier alpha value is -0.450. The Morgan fingerprint density at radius 3 is 3.00 bits per heavy atom. The fourth-order valence-corrected chi connectivity index (χ4v) is 3.46. The van der Waals surface area contributed by atoms with Crippen molar-refractivity contribution in [3.8, 4) is 0 Å². The van der Waals surface area contributed by atoms with E-state index in [9.17, 15) is 0 Å². The molecule has 1 N–H and O–H groups in total. The molecule has 3 unspecified atom stereocenters. The number of aryl methyl sites for hydroxylation is 1. The van der Waals surface area contributed by atoms with Gasteiger partial charge in [0.2, 0.25) is 0 Å². The van der Waals surface area contributed by atoms with Crippen molar-refractivity contribution in [3.05, 3.63) is 16.1 Å². The summed E-state index contributed by atoms with van der Waals surface area (Å²) in [5, 5.41) is 7.02. The number of hydrogen-bond donors (Lipinski definition) is 1. The molecule has 4 heteroatoms. The molecule has 0 aromatic carbocycles. The lowest BCUT2D eigenvalue weighted by Crippen LogP contribution is -2.57. The van der Waals surface area contributed by atoms with Crippen molar-refractivity contribution in [1.82, 2.24) is 15.2 Å². The highest BCUT2D eigenvalue weighted by Crippen LogP contribution is 2.21. The average molecular weight is 267 g/mol. The Labute approximate surface area is 115 Å². The smallest absolute Gasteiger partial charge is 0.107 e. The molecule has 0 spiro atoms. The largest absolute Gasteiger partial charge is 0.311 e. The summed E-state index contributed by atoms with van der Waals surface area (Å²) in [6, 6.07) is 1.24. The highest BCUT2D eigenvalue weighted by molar-refractivity contribution is 7.09. The molecule has 1 aliphatic rings. The first-order valence-electron chi connectivity index (χ1n) is 6.98. The second-order valence-corrected chi connectivity index (χ2v) is 6.52. The Bertz CT molecular complexity index is 377. The number of hydrogen-bond acceptors (Lipinski definition) is 4. The number of thiazole rings is 1. The molecule has 1 fully saturated rings. The van der Waals surface area contributed by atoms with Gasteiger partial charge < -0.3 is 5.32 Å². The van der Waals surface area contributed by atoms with Crippen LogP contribution in [0, 0.1) is 12.8 Å². The molecule has 1 saturated heterocycles. The van der Waals surface area contributed by atoms with Crippen molar-refractivity contribution < 1.29 is 0 Å². The van der Waals surface area contributed by atoms with Crippen LogP contribution in [0.4, 0.5) is 0 Å². The van der Waals surface area contributed by atoms with E-state index in [0.717, 1.165) is 31.2 Å². The standard InChI is InChI=1S/C14H25N3S/c1-5-10(2)13-6-15-11(3)7-17(13)8-14-16-12(4)9-18-14/h9-11,13,15H,5-8H2,1-4H3. The molecule has 2 heterocycles. The van der Waals surface area contributed by atoms with E-state index in [1.54, 1.807) is 11.3 Å². The lowest BCUT2D eigenvalue weighted by atomic mass is 9.95. The first-order valence-corrected chi connectivity index (χ1v) is 7.86. The van der Waals surface area contributed by atoms with Crippen molar-refractivity contribution in [2.75, 3.05) is 13.1 Å². The van der Waals surface area contributed by atoms with Crippen molar-refractivity contribution >= 4 is 11.3 Å². The van der Waals surface area contributed by atoms with Gasteiger partial charge in [0.25, 0.3) is 0 Å². The molecular weight excluding hydrogens is 242 g/mol. The summed E-state index contributed by atoms with van der Waals surface area (Å²) in [6.45, 7) is 12.3. The SMILES string of the molecule is CCC(C)C1CNC(C)CN1Cc1nc(C)cs1. The van der Waals surface area contributed by atoms with Crippen LogP contribution in [0.2, 0.25) is 0 Å². The van der Waals surface area contributed by atoms with Crippen LogP contribution in [0.25, 0.3) is 0 Å². The lowest BCUT2D eigenvalue weighted by Gasteiger charge is -2.41. The molecule has 102 valence electrons. The molecule has 0 amide bonds. The van der Waals surface area contributed by atoms with E-state index in [-0.39, 0.29) is 0 Å². The minimum Gasteiger partial charge on any atom is -0.311 e. The molecule has 1 aliphatic heterocycles. The number of aromatic nitrogens is 1. The van der Waals surface area contributed by atoms with E-state index in [1.807, 2.05) is 0 Å². The van der Waals surface area contributed by atoms with Gasteiger partial charge in [-0.2, -0.15) is 0 Å². The normalized spacial score (nSPS) is 27.3. The first-order chi connectivity index (χ1) is 8.60. The van der Waals surface area contributed by atoms with E-state index in [0.29, 0.717) is 12.1 Å². The summed E-state index contributed by atoms with van der Waals surface area (Å²) in [4.78, 5) is 7.22. The Kier molecular flexibility index (Phi) is 4.76. The zero-order valence-corrected chi connectivity index (χ0v) is 12.8. The van der Waals surface area contributed by atoms with Gasteiger partial charge in [-0.3, -0.25) is 4.90 Å².